The maximum Gasteiger partial charge on any atom is 0.338 e. The summed E-state index contributed by atoms with van der Waals surface area (Å²) in [6.07, 6.45) is 1.28. The molecule has 0 fully saturated rings. The first-order chi connectivity index (χ1) is 17.1. The number of allylic oxidation sites excluding steroid dienone is 1. The maximum absolute atomic E-state index is 13.7. The monoisotopic (exact) mass is 506 g/mol. The topological polar surface area (TPSA) is 107 Å². The van der Waals surface area contributed by atoms with E-state index in [1.165, 1.54) is 22.0 Å². The molecule has 186 valence electrons. The molecule has 9 nitrogen and oxygen atoms in total. The summed E-state index contributed by atoms with van der Waals surface area (Å²) < 4.78 is 7.34. The van der Waals surface area contributed by atoms with Crippen molar-refractivity contribution in [3.63, 3.8) is 0 Å². The first kappa shape index (κ1) is 25.1. The Morgan fingerprint density at radius 2 is 1.92 bits per heavy atom. The molecule has 2 aromatic carbocycles. The number of nitro benzene ring substituents is 1. The molecule has 0 spiro atoms. The summed E-state index contributed by atoms with van der Waals surface area (Å²) in [6.45, 7) is 5.26. The minimum Gasteiger partial charge on any atom is -0.459 e. The SMILES string of the molecule is CC1=C(C(=O)OC(C)C)C(c2ccccc2)n2c(sc(=Cc3ccc(N(C)C)c([N+](=O)[O-])c3)c2=O)=N1. The van der Waals surface area contributed by atoms with Gasteiger partial charge in [0.1, 0.15) is 5.69 Å². The summed E-state index contributed by atoms with van der Waals surface area (Å²) >= 11 is 1.17. The van der Waals surface area contributed by atoms with Crippen molar-refractivity contribution < 1.29 is 14.5 Å². The predicted molar refractivity (Wildman–Crippen MR) is 139 cm³/mol. The number of aromatic nitrogens is 1. The number of esters is 1. The molecule has 0 N–H and O–H groups in total. The van der Waals surface area contributed by atoms with E-state index in [0.717, 1.165) is 5.56 Å². The first-order valence-corrected chi connectivity index (χ1v) is 12.1. The van der Waals surface area contributed by atoms with Crippen LogP contribution in [0.25, 0.3) is 6.08 Å². The molecular formula is C26H26N4O5S. The summed E-state index contributed by atoms with van der Waals surface area (Å²) in [4.78, 5) is 44.6. The molecule has 10 heteroatoms. The Morgan fingerprint density at radius 1 is 1.22 bits per heavy atom. The van der Waals surface area contributed by atoms with Gasteiger partial charge in [0.25, 0.3) is 11.2 Å². The zero-order valence-electron chi connectivity index (χ0n) is 20.6. The molecular weight excluding hydrogens is 480 g/mol. The third kappa shape index (κ3) is 4.72. The van der Waals surface area contributed by atoms with Gasteiger partial charge < -0.3 is 9.64 Å². The lowest BCUT2D eigenvalue weighted by Crippen LogP contribution is -2.40. The summed E-state index contributed by atoms with van der Waals surface area (Å²) in [7, 11) is 3.46. The molecule has 1 aromatic heterocycles. The van der Waals surface area contributed by atoms with Crippen LogP contribution in [0.4, 0.5) is 11.4 Å². The van der Waals surface area contributed by atoms with Crippen molar-refractivity contribution in [2.24, 2.45) is 4.99 Å². The maximum atomic E-state index is 13.7. The Hall–Kier alpha value is -4.05. The number of carbonyl (C=O) groups excluding carboxylic acids is 1. The zero-order chi connectivity index (χ0) is 26.1. The Balaban J connectivity index is 1.92. The Labute approximate surface area is 211 Å². The third-order valence-corrected chi connectivity index (χ3v) is 6.66. The standard InChI is InChI=1S/C26H26N4O5S/c1-15(2)35-25(32)22-16(3)27-26-29(23(22)18-9-7-6-8-10-18)24(31)21(36-26)14-17-11-12-19(28(4)5)20(13-17)30(33)34/h6-15,23H,1-5H3. The number of thiazole rings is 1. The van der Waals surface area contributed by atoms with Crippen molar-refractivity contribution in [2.75, 3.05) is 19.0 Å². The van der Waals surface area contributed by atoms with E-state index < -0.39 is 16.9 Å². The molecule has 2 heterocycles. The van der Waals surface area contributed by atoms with Gasteiger partial charge in [0, 0.05) is 20.2 Å². The van der Waals surface area contributed by atoms with Gasteiger partial charge in [-0.3, -0.25) is 19.5 Å². The van der Waals surface area contributed by atoms with E-state index in [-0.39, 0.29) is 17.4 Å². The number of carbonyl (C=O) groups is 1. The van der Waals surface area contributed by atoms with Crippen molar-refractivity contribution in [2.45, 2.75) is 32.9 Å². The molecule has 0 amide bonds. The number of hydrogen-bond donors (Lipinski definition) is 0. The first-order valence-electron chi connectivity index (χ1n) is 11.3. The molecule has 3 aromatic rings. The van der Waals surface area contributed by atoms with Crippen LogP contribution < -0.4 is 19.8 Å². The fourth-order valence-corrected chi connectivity index (χ4v) is 5.16. The van der Waals surface area contributed by atoms with Crippen molar-refractivity contribution in [3.05, 3.63) is 101 Å². The van der Waals surface area contributed by atoms with E-state index in [2.05, 4.69) is 4.99 Å². The van der Waals surface area contributed by atoms with Crippen molar-refractivity contribution in [3.8, 4) is 0 Å². The molecule has 4 rings (SSSR count). The van der Waals surface area contributed by atoms with Gasteiger partial charge in [0.2, 0.25) is 0 Å². The van der Waals surface area contributed by atoms with E-state index in [0.29, 0.717) is 31.9 Å². The smallest absolute Gasteiger partial charge is 0.338 e. The van der Waals surface area contributed by atoms with Gasteiger partial charge in [0.15, 0.2) is 4.80 Å². The molecule has 1 atom stereocenters. The van der Waals surface area contributed by atoms with E-state index in [1.54, 1.807) is 58.0 Å². The largest absolute Gasteiger partial charge is 0.459 e. The number of ether oxygens (including phenoxy) is 1. The minimum absolute atomic E-state index is 0.0572. The third-order valence-electron chi connectivity index (χ3n) is 5.68. The second kappa shape index (κ2) is 9.90. The quantitative estimate of drug-likeness (QED) is 0.289. The van der Waals surface area contributed by atoms with Crippen LogP contribution in [0.15, 0.2) is 69.6 Å². The van der Waals surface area contributed by atoms with Gasteiger partial charge in [-0.05, 0) is 44.0 Å². The second-order valence-corrected chi connectivity index (χ2v) is 9.86. The highest BCUT2D eigenvalue weighted by Gasteiger charge is 2.33. The van der Waals surface area contributed by atoms with Crippen molar-refractivity contribution in [1.29, 1.82) is 0 Å². The van der Waals surface area contributed by atoms with Crippen LogP contribution >= 0.6 is 11.3 Å². The molecule has 1 aliphatic rings. The zero-order valence-corrected chi connectivity index (χ0v) is 21.4. The van der Waals surface area contributed by atoms with Crippen LogP contribution in [0.3, 0.4) is 0 Å². The number of anilines is 1. The number of nitro groups is 1. The fraction of sp³-hybridized carbons (Fsp3) is 0.269. The van der Waals surface area contributed by atoms with Crippen LogP contribution in [-0.4, -0.2) is 35.7 Å². The number of rotatable bonds is 6. The van der Waals surface area contributed by atoms with Crippen LogP contribution in [0.5, 0.6) is 0 Å². The Bertz CT molecular complexity index is 1550. The van der Waals surface area contributed by atoms with Gasteiger partial charge in [-0.2, -0.15) is 0 Å². The van der Waals surface area contributed by atoms with Gasteiger partial charge >= 0.3 is 5.97 Å². The summed E-state index contributed by atoms with van der Waals surface area (Å²) in [5.74, 6) is -0.524. The average molecular weight is 507 g/mol. The minimum atomic E-state index is -0.707. The van der Waals surface area contributed by atoms with Crippen LogP contribution in [0.1, 0.15) is 37.9 Å². The van der Waals surface area contributed by atoms with Gasteiger partial charge in [-0.15, -0.1) is 0 Å². The molecule has 0 radical (unpaired) electrons. The van der Waals surface area contributed by atoms with E-state index in [9.17, 15) is 19.7 Å². The number of fused-ring (bicyclic) bond motifs is 1. The van der Waals surface area contributed by atoms with Crippen LogP contribution in [0, 0.1) is 10.1 Å². The molecule has 0 saturated carbocycles. The van der Waals surface area contributed by atoms with E-state index in [4.69, 9.17) is 4.74 Å². The fourth-order valence-electron chi connectivity index (χ4n) is 4.12. The Morgan fingerprint density at radius 3 is 2.53 bits per heavy atom. The van der Waals surface area contributed by atoms with E-state index in [1.807, 2.05) is 30.3 Å². The molecule has 1 unspecified atom stereocenters. The van der Waals surface area contributed by atoms with Crippen LogP contribution in [-0.2, 0) is 9.53 Å². The summed E-state index contributed by atoms with van der Waals surface area (Å²) in [6, 6.07) is 13.4. The van der Waals surface area contributed by atoms with Crippen molar-refractivity contribution in [1.82, 2.24) is 4.57 Å². The number of nitrogens with zero attached hydrogens (tertiary/aromatic N) is 4. The lowest BCUT2D eigenvalue weighted by atomic mass is 9.96. The normalized spacial score (nSPS) is 15.5. The van der Waals surface area contributed by atoms with E-state index >= 15 is 0 Å². The lowest BCUT2D eigenvalue weighted by Gasteiger charge is -2.25. The molecule has 1 aliphatic heterocycles. The average Bonchev–Trinajstić information content (AvgIpc) is 3.12. The number of hydrogen-bond acceptors (Lipinski definition) is 8. The Kier molecular flexibility index (Phi) is 6.89. The molecule has 0 aliphatic carbocycles. The lowest BCUT2D eigenvalue weighted by molar-refractivity contribution is -0.384. The molecule has 0 bridgehead atoms. The molecule has 0 saturated heterocycles. The van der Waals surface area contributed by atoms with Gasteiger partial charge in [-0.25, -0.2) is 9.79 Å². The second-order valence-electron chi connectivity index (χ2n) is 8.85. The van der Waals surface area contributed by atoms with Gasteiger partial charge in [0.05, 0.1) is 32.9 Å². The highest BCUT2D eigenvalue weighted by molar-refractivity contribution is 7.07. The summed E-state index contributed by atoms with van der Waals surface area (Å²) in [5, 5.41) is 11.6. The highest BCUT2D eigenvalue weighted by Crippen LogP contribution is 2.31. The number of benzene rings is 2. The van der Waals surface area contributed by atoms with Gasteiger partial charge in [-0.1, -0.05) is 47.7 Å². The van der Waals surface area contributed by atoms with Crippen LogP contribution in [0.2, 0.25) is 0 Å². The van der Waals surface area contributed by atoms with Crippen molar-refractivity contribution >= 4 is 34.8 Å². The molecule has 36 heavy (non-hydrogen) atoms. The summed E-state index contributed by atoms with van der Waals surface area (Å²) in [5.41, 5.74) is 2.12. The predicted octanol–water partition coefficient (Wildman–Crippen LogP) is 3.16. The highest BCUT2D eigenvalue weighted by atomic mass is 32.1.